The summed E-state index contributed by atoms with van der Waals surface area (Å²) in [6.45, 7) is -1.38. The number of hydrogen-bond donors (Lipinski definition) is 4. The Bertz CT molecular complexity index is 649. The van der Waals surface area contributed by atoms with Crippen molar-refractivity contribution in [2.45, 2.75) is 24.2 Å². The second kappa shape index (κ2) is 9.66. The van der Waals surface area contributed by atoms with Gasteiger partial charge in [0.15, 0.2) is 11.1 Å². The molecule has 1 rings (SSSR count). The predicted octanol–water partition coefficient (Wildman–Crippen LogP) is 1.07. The first-order valence-corrected chi connectivity index (χ1v) is 7.86. The van der Waals surface area contributed by atoms with Crippen molar-refractivity contribution in [3.8, 4) is 0 Å². The number of nitrogens with two attached hydrogens (primary N) is 3. The van der Waals surface area contributed by atoms with Crippen LogP contribution < -0.4 is 22.5 Å². The minimum absolute atomic E-state index is 0.137. The number of rotatable bonds is 7. The Hall–Kier alpha value is -2.57. The molecule has 0 fully saturated rings. The van der Waals surface area contributed by atoms with Gasteiger partial charge in [0.05, 0.1) is 0 Å². The Balaban J connectivity index is 2.48. The molecule has 0 saturated carbocycles. The van der Waals surface area contributed by atoms with E-state index in [2.05, 4.69) is 25.3 Å². The summed E-state index contributed by atoms with van der Waals surface area (Å²) in [5.74, 6) is 0.534. The number of primary amides is 1. The van der Waals surface area contributed by atoms with E-state index >= 15 is 0 Å². The molecule has 0 radical (unpaired) electrons. The van der Waals surface area contributed by atoms with Crippen LogP contribution in [-0.2, 0) is 0 Å². The van der Waals surface area contributed by atoms with Gasteiger partial charge in [-0.1, -0.05) is 11.8 Å². The standard InChI is InChI=1S/C12H17F3N8OS/c13-12(14,15)6-20-9(17)22-8-3-4-19-11(23-8)25-5-1-2-7(16)21-10(18)24/h3-4H,1-2,5-6H2,(H4,16,18,21,24)(H3,17,19,20,22,23). The number of nitrogens with zero attached hydrogens (tertiary/aromatic N) is 4. The number of aromatic nitrogens is 2. The van der Waals surface area contributed by atoms with E-state index in [0.717, 1.165) is 0 Å². The Kier molecular flexibility index (Phi) is 7.91. The molecule has 1 aromatic heterocycles. The maximum absolute atomic E-state index is 12.1. The zero-order chi connectivity index (χ0) is 18.9. The fourth-order valence-corrected chi connectivity index (χ4v) is 2.21. The van der Waals surface area contributed by atoms with Crippen LogP contribution in [0.1, 0.15) is 12.8 Å². The highest BCUT2D eigenvalue weighted by Crippen LogP contribution is 2.17. The normalized spacial score (nSPS) is 12.9. The predicted molar refractivity (Wildman–Crippen MR) is 89.4 cm³/mol. The maximum atomic E-state index is 12.1. The fraction of sp³-hybridized carbons (Fsp3) is 0.417. The molecule has 0 saturated heterocycles. The number of thioether (sulfide) groups is 1. The monoisotopic (exact) mass is 378 g/mol. The number of amides is 2. The van der Waals surface area contributed by atoms with Gasteiger partial charge >= 0.3 is 12.2 Å². The summed E-state index contributed by atoms with van der Waals surface area (Å²) in [7, 11) is 0. The average Bonchev–Trinajstić information content (AvgIpc) is 2.49. The van der Waals surface area contributed by atoms with Gasteiger partial charge < -0.3 is 22.5 Å². The summed E-state index contributed by atoms with van der Waals surface area (Å²) in [6.07, 6.45) is -2.02. The third kappa shape index (κ3) is 10.0. The van der Waals surface area contributed by atoms with Gasteiger partial charge in [0, 0.05) is 18.4 Å². The minimum Gasteiger partial charge on any atom is -0.387 e. The van der Waals surface area contributed by atoms with Gasteiger partial charge in [-0.05, 0) is 12.5 Å². The zero-order valence-electron chi connectivity index (χ0n) is 13.0. The quantitative estimate of drug-likeness (QED) is 0.182. The van der Waals surface area contributed by atoms with Crippen LogP contribution in [0.2, 0.25) is 0 Å². The SMILES string of the molecule is NC(=O)N=C(N)CCCSc1nccc(NC(N)=NCC(F)(F)F)n1. The van der Waals surface area contributed by atoms with Gasteiger partial charge in [0.25, 0.3) is 0 Å². The van der Waals surface area contributed by atoms with E-state index < -0.39 is 24.7 Å². The van der Waals surface area contributed by atoms with Crippen LogP contribution in [0.3, 0.4) is 0 Å². The van der Waals surface area contributed by atoms with Crippen molar-refractivity contribution in [1.29, 1.82) is 0 Å². The number of carbonyl (C=O) groups is 1. The molecule has 138 valence electrons. The Morgan fingerprint density at radius 1 is 1.32 bits per heavy atom. The van der Waals surface area contributed by atoms with Gasteiger partial charge in [-0.3, -0.25) is 0 Å². The first kappa shape index (κ1) is 20.5. The number of carbonyl (C=O) groups excluding carboxylic acids is 1. The summed E-state index contributed by atoms with van der Waals surface area (Å²) in [5.41, 5.74) is 15.7. The highest BCUT2D eigenvalue weighted by molar-refractivity contribution is 7.99. The van der Waals surface area contributed by atoms with Gasteiger partial charge in [-0.25, -0.2) is 19.8 Å². The van der Waals surface area contributed by atoms with Crippen LogP contribution in [0.25, 0.3) is 0 Å². The molecule has 0 bridgehead atoms. The molecule has 0 atom stereocenters. The summed E-state index contributed by atoms with van der Waals surface area (Å²) in [6, 6.07) is 0.592. The molecule has 0 aromatic carbocycles. The van der Waals surface area contributed by atoms with E-state index in [1.807, 2.05) is 0 Å². The maximum Gasteiger partial charge on any atom is 0.408 e. The largest absolute Gasteiger partial charge is 0.408 e. The van der Waals surface area contributed by atoms with Gasteiger partial charge in [0.1, 0.15) is 18.2 Å². The number of hydrogen-bond acceptors (Lipinski definition) is 5. The van der Waals surface area contributed by atoms with Crippen LogP contribution in [-0.4, -0.2) is 46.3 Å². The van der Waals surface area contributed by atoms with E-state index in [-0.39, 0.29) is 11.7 Å². The van der Waals surface area contributed by atoms with E-state index in [4.69, 9.17) is 17.2 Å². The number of urea groups is 1. The molecule has 1 aromatic rings. The first-order chi connectivity index (χ1) is 11.7. The molecular formula is C12H17F3N8OS. The molecule has 7 N–H and O–H groups in total. The number of aliphatic imine (C=N–C) groups is 2. The molecule has 25 heavy (non-hydrogen) atoms. The van der Waals surface area contributed by atoms with E-state index in [0.29, 0.717) is 23.8 Å². The third-order valence-corrected chi connectivity index (χ3v) is 3.33. The van der Waals surface area contributed by atoms with Crippen molar-refractivity contribution in [3.63, 3.8) is 0 Å². The van der Waals surface area contributed by atoms with Gasteiger partial charge in [0.2, 0.25) is 0 Å². The molecule has 0 aliphatic heterocycles. The second-order valence-electron chi connectivity index (χ2n) is 4.56. The van der Waals surface area contributed by atoms with Crippen molar-refractivity contribution in [3.05, 3.63) is 12.3 Å². The van der Waals surface area contributed by atoms with Crippen LogP contribution in [0.5, 0.6) is 0 Å². The van der Waals surface area contributed by atoms with Crippen molar-refractivity contribution >= 4 is 35.4 Å². The Labute approximate surface area is 145 Å². The number of anilines is 1. The van der Waals surface area contributed by atoms with Crippen molar-refractivity contribution in [2.24, 2.45) is 27.2 Å². The van der Waals surface area contributed by atoms with Crippen LogP contribution in [0, 0.1) is 0 Å². The average molecular weight is 378 g/mol. The number of halogens is 3. The molecule has 0 spiro atoms. The summed E-state index contributed by atoms with van der Waals surface area (Å²) < 4.78 is 36.2. The zero-order valence-corrected chi connectivity index (χ0v) is 13.8. The van der Waals surface area contributed by atoms with Gasteiger partial charge in [-0.2, -0.15) is 18.2 Å². The molecule has 13 heteroatoms. The number of alkyl halides is 3. The second-order valence-corrected chi connectivity index (χ2v) is 5.62. The van der Waals surface area contributed by atoms with E-state index in [1.54, 1.807) is 0 Å². The third-order valence-electron chi connectivity index (χ3n) is 2.38. The van der Waals surface area contributed by atoms with Crippen molar-refractivity contribution in [1.82, 2.24) is 9.97 Å². The number of nitrogens with one attached hydrogen (secondary N) is 1. The molecular weight excluding hydrogens is 361 g/mol. The molecule has 1 heterocycles. The lowest BCUT2D eigenvalue weighted by molar-refractivity contribution is -0.118. The first-order valence-electron chi connectivity index (χ1n) is 6.88. The summed E-state index contributed by atoms with van der Waals surface area (Å²) >= 11 is 1.29. The smallest absolute Gasteiger partial charge is 0.387 e. The van der Waals surface area contributed by atoms with Crippen LogP contribution in [0.4, 0.5) is 23.8 Å². The number of amidine groups is 1. The fourth-order valence-electron chi connectivity index (χ4n) is 1.44. The summed E-state index contributed by atoms with van der Waals surface area (Å²) in [5, 5.41) is 2.85. The molecule has 9 nitrogen and oxygen atoms in total. The molecule has 0 aliphatic carbocycles. The van der Waals surface area contributed by atoms with E-state index in [9.17, 15) is 18.0 Å². The highest BCUT2D eigenvalue weighted by Gasteiger charge is 2.26. The summed E-state index contributed by atoms with van der Waals surface area (Å²) in [4.78, 5) is 25.2. The topological polar surface area (TPSA) is 158 Å². The molecule has 0 aliphatic rings. The minimum atomic E-state index is -4.43. The Morgan fingerprint density at radius 2 is 2.04 bits per heavy atom. The van der Waals surface area contributed by atoms with E-state index in [1.165, 1.54) is 24.0 Å². The van der Waals surface area contributed by atoms with Crippen molar-refractivity contribution in [2.75, 3.05) is 17.6 Å². The van der Waals surface area contributed by atoms with Crippen molar-refractivity contribution < 1.29 is 18.0 Å². The lowest BCUT2D eigenvalue weighted by atomic mass is 10.3. The van der Waals surface area contributed by atoms with Gasteiger partial charge in [-0.15, -0.1) is 0 Å². The lowest BCUT2D eigenvalue weighted by Gasteiger charge is -2.07. The highest BCUT2D eigenvalue weighted by atomic mass is 32.2. The molecule has 2 amide bonds. The number of guanidine groups is 1. The lowest BCUT2D eigenvalue weighted by Crippen LogP contribution is -2.26. The van der Waals surface area contributed by atoms with Crippen LogP contribution >= 0.6 is 11.8 Å². The van der Waals surface area contributed by atoms with Crippen LogP contribution in [0.15, 0.2) is 27.4 Å². The Morgan fingerprint density at radius 3 is 2.68 bits per heavy atom. The molecule has 0 unspecified atom stereocenters.